The summed E-state index contributed by atoms with van der Waals surface area (Å²) in [6.45, 7) is 1.90. The Morgan fingerprint density at radius 1 is 1.31 bits per heavy atom. The first kappa shape index (κ1) is 11.2. The molecule has 0 bridgehead atoms. The van der Waals surface area contributed by atoms with Crippen LogP contribution in [0.3, 0.4) is 0 Å². The summed E-state index contributed by atoms with van der Waals surface area (Å²) in [5, 5.41) is 9.56. The third-order valence-corrected chi connectivity index (χ3v) is 3.66. The van der Waals surface area contributed by atoms with Gasteiger partial charge < -0.3 is 5.11 Å². The van der Waals surface area contributed by atoms with E-state index < -0.39 is 5.97 Å². The molecule has 0 atom stereocenters. The van der Waals surface area contributed by atoms with E-state index in [9.17, 15) is 4.79 Å². The Kier molecular flexibility index (Phi) is 2.99. The Hall–Kier alpha value is -1.32. The Morgan fingerprint density at radius 3 is 2.56 bits per heavy atom. The topological polar surface area (TPSA) is 37.3 Å². The van der Waals surface area contributed by atoms with Crippen molar-refractivity contribution in [1.82, 2.24) is 0 Å². The van der Waals surface area contributed by atoms with E-state index in [0.29, 0.717) is 9.90 Å². The first-order valence-electron chi connectivity index (χ1n) is 4.68. The number of hydrogen-bond donors (Lipinski definition) is 1. The number of benzene rings is 1. The van der Waals surface area contributed by atoms with Crippen molar-refractivity contribution in [2.75, 3.05) is 0 Å². The maximum Gasteiger partial charge on any atom is 0.345 e. The molecule has 0 saturated heterocycles. The molecule has 82 valence electrons. The average molecular weight is 253 g/mol. The van der Waals surface area contributed by atoms with Crippen molar-refractivity contribution in [1.29, 1.82) is 0 Å². The fourth-order valence-electron chi connectivity index (χ4n) is 1.53. The summed E-state index contributed by atoms with van der Waals surface area (Å²) < 4.78 is 0. The number of aromatic carboxylic acids is 1. The van der Waals surface area contributed by atoms with Crippen LogP contribution in [0.1, 0.15) is 14.5 Å². The van der Waals surface area contributed by atoms with Crippen molar-refractivity contribution in [2.45, 2.75) is 6.92 Å². The Labute approximate surface area is 102 Å². The van der Waals surface area contributed by atoms with Crippen LogP contribution < -0.4 is 0 Å². The van der Waals surface area contributed by atoms with Gasteiger partial charge in [-0.25, -0.2) is 4.79 Å². The second-order valence-corrected chi connectivity index (χ2v) is 5.03. The molecule has 0 saturated carbocycles. The molecule has 0 radical (unpaired) electrons. The number of hydrogen-bond acceptors (Lipinski definition) is 2. The lowest BCUT2D eigenvalue weighted by atomic mass is 10.1. The molecule has 0 spiro atoms. The highest BCUT2D eigenvalue weighted by atomic mass is 35.5. The van der Waals surface area contributed by atoms with Gasteiger partial charge in [0.05, 0.1) is 0 Å². The van der Waals surface area contributed by atoms with E-state index in [0.717, 1.165) is 16.0 Å². The SMILES string of the molecule is Cc1sc(C(=O)O)cc1-c1ccccc1Cl. The minimum atomic E-state index is -0.897. The first-order valence-corrected chi connectivity index (χ1v) is 5.87. The van der Waals surface area contributed by atoms with Gasteiger partial charge in [-0.3, -0.25) is 0 Å². The number of carboxylic acid groups (broad SMARTS) is 1. The smallest absolute Gasteiger partial charge is 0.345 e. The number of carbonyl (C=O) groups is 1. The van der Waals surface area contributed by atoms with Gasteiger partial charge in [-0.15, -0.1) is 11.3 Å². The lowest BCUT2D eigenvalue weighted by Crippen LogP contribution is -1.89. The molecule has 0 unspecified atom stereocenters. The predicted molar refractivity (Wildman–Crippen MR) is 66.5 cm³/mol. The zero-order valence-corrected chi connectivity index (χ0v) is 10.1. The summed E-state index contributed by atoms with van der Waals surface area (Å²) in [7, 11) is 0. The molecule has 0 aliphatic carbocycles. The molecule has 0 amide bonds. The summed E-state index contributed by atoms with van der Waals surface area (Å²) in [4.78, 5) is 12.2. The van der Waals surface area contributed by atoms with Gasteiger partial charge in [0.1, 0.15) is 4.88 Å². The fraction of sp³-hybridized carbons (Fsp3) is 0.0833. The fourth-order valence-corrected chi connectivity index (χ4v) is 2.64. The average Bonchev–Trinajstić information content (AvgIpc) is 2.61. The Balaban J connectivity index is 2.57. The molecule has 16 heavy (non-hydrogen) atoms. The minimum absolute atomic E-state index is 0.340. The maximum absolute atomic E-state index is 10.9. The first-order chi connectivity index (χ1) is 7.59. The Morgan fingerprint density at radius 2 is 2.00 bits per heavy atom. The highest BCUT2D eigenvalue weighted by Gasteiger charge is 2.13. The van der Waals surface area contributed by atoms with Gasteiger partial charge in [-0.2, -0.15) is 0 Å². The van der Waals surface area contributed by atoms with Crippen LogP contribution in [-0.2, 0) is 0 Å². The molecule has 0 aliphatic rings. The third-order valence-electron chi connectivity index (χ3n) is 2.29. The van der Waals surface area contributed by atoms with Crippen molar-refractivity contribution in [3.05, 3.63) is 45.1 Å². The van der Waals surface area contributed by atoms with E-state index in [1.165, 1.54) is 11.3 Å². The van der Waals surface area contributed by atoms with E-state index in [4.69, 9.17) is 16.7 Å². The number of rotatable bonds is 2. The molecule has 1 heterocycles. The minimum Gasteiger partial charge on any atom is -0.477 e. The van der Waals surface area contributed by atoms with Crippen LogP contribution in [0.2, 0.25) is 5.02 Å². The molecule has 1 N–H and O–H groups in total. The zero-order valence-electron chi connectivity index (χ0n) is 8.53. The van der Waals surface area contributed by atoms with Crippen molar-refractivity contribution in [2.24, 2.45) is 0 Å². The van der Waals surface area contributed by atoms with Gasteiger partial charge in [-0.05, 0) is 24.6 Å². The van der Waals surface area contributed by atoms with Gasteiger partial charge in [0.2, 0.25) is 0 Å². The molecule has 1 aromatic heterocycles. The Bertz CT molecular complexity index is 546. The van der Waals surface area contributed by atoms with E-state index in [1.54, 1.807) is 12.1 Å². The number of halogens is 1. The molecule has 1 aromatic carbocycles. The second-order valence-electron chi connectivity index (χ2n) is 3.37. The normalized spacial score (nSPS) is 10.4. The van der Waals surface area contributed by atoms with Crippen LogP contribution in [0.4, 0.5) is 0 Å². The van der Waals surface area contributed by atoms with Gasteiger partial charge in [0.15, 0.2) is 0 Å². The standard InChI is InChI=1S/C12H9ClO2S/c1-7-9(6-11(16-7)12(14)15)8-4-2-3-5-10(8)13/h2-6H,1H3,(H,14,15). The highest BCUT2D eigenvalue weighted by molar-refractivity contribution is 7.14. The summed E-state index contributed by atoms with van der Waals surface area (Å²) in [6, 6.07) is 9.10. The van der Waals surface area contributed by atoms with Crippen molar-refractivity contribution in [3.63, 3.8) is 0 Å². The summed E-state index contributed by atoms with van der Waals surface area (Å²) in [6.07, 6.45) is 0. The van der Waals surface area contributed by atoms with Crippen molar-refractivity contribution >= 4 is 28.9 Å². The second kappa shape index (κ2) is 4.28. The van der Waals surface area contributed by atoms with Crippen LogP contribution in [0.5, 0.6) is 0 Å². The number of aryl methyl sites for hydroxylation is 1. The van der Waals surface area contributed by atoms with Crippen molar-refractivity contribution in [3.8, 4) is 11.1 Å². The van der Waals surface area contributed by atoms with E-state index in [2.05, 4.69) is 0 Å². The molecule has 2 nitrogen and oxygen atoms in total. The van der Waals surface area contributed by atoms with E-state index in [1.807, 2.05) is 25.1 Å². The predicted octanol–water partition coefficient (Wildman–Crippen LogP) is 4.08. The largest absolute Gasteiger partial charge is 0.477 e. The summed E-state index contributed by atoms with van der Waals surface area (Å²) >= 11 is 7.34. The quantitative estimate of drug-likeness (QED) is 0.875. The van der Waals surface area contributed by atoms with Crippen molar-refractivity contribution < 1.29 is 9.90 Å². The van der Waals surface area contributed by atoms with Crippen LogP contribution in [0, 0.1) is 6.92 Å². The monoisotopic (exact) mass is 252 g/mol. The van der Waals surface area contributed by atoms with Gasteiger partial charge in [-0.1, -0.05) is 29.8 Å². The third kappa shape index (κ3) is 1.96. The lowest BCUT2D eigenvalue weighted by Gasteiger charge is -2.02. The van der Waals surface area contributed by atoms with E-state index in [-0.39, 0.29) is 0 Å². The van der Waals surface area contributed by atoms with Gasteiger partial charge >= 0.3 is 5.97 Å². The number of carboxylic acids is 1. The molecule has 2 aromatic rings. The maximum atomic E-state index is 10.9. The van der Waals surface area contributed by atoms with Crippen LogP contribution in [0.25, 0.3) is 11.1 Å². The lowest BCUT2D eigenvalue weighted by molar-refractivity contribution is 0.0702. The van der Waals surface area contributed by atoms with E-state index >= 15 is 0 Å². The van der Waals surface area contributed by atoms with Gasteiger partial charge in [0.25, 0.3) is 0 Å². The molecule has 0 fully saturated rings. The van der Waals surface area contributed by atoms with Crippen LogP contribution in [-0.4, -0.2) is 11.1 Å². The van der Waals surface area contributed by atoms with Crippen LogP contribution in [0.15, 0.2) is 30.3 Å². The molecular formula is C12H9ClO2S. The molecule has 0 aliphatic heterocycles. The molecular weight excluding hydrogens is 244 g/mol. The summed E-state index contributed by atoms with van der Waals surface area (Å²) in [5.74, 6) is -0.897. The van der Waals surface area contributed by atoms with Crippen LogP contribution >= 0.6 is 22.9 Å². The molecule has 4 heteroatoms. The number of thiophene rings is 1. The zero-order chi connectivity index (χ0) is 11.7. The highest BCUT2D eigenvalue weighted by Crippen LogP contribution is 2.34. The summed E-state index contributed by atoms with van der Waals surface area (Å²) in [5.41, 5.74) is 1.78. The van der Waals surface area contributed by atoms with Gasteiger partial charge in [0, 0.05) is 15.5 Å². The molecule has 2 rings (SSSR count).